The lowest BCUT2D eigenvalue weighted by Gasteiger charge is -2.32. The van der Waals surface area contributed by atoms with Gasteiger partial charge in [-0.3, -0.25) is 0 Å². The highest BCUT2D eigenvalue weighted by Gasteiger charge is 2.32. The van der Waals surface area contributed by atoms with Crippen LogP contribution in [0.15, 0.2) is 78.1 Å². The molecule has 3 aromatic rings. The first-order valence-electron chi connectivity index (χ1n) is 9.97. The van der Waals surface area contributed by atoms with Gasteiger partial charge < -0.3 is 4.90 Å². The normalized spacial score (nSPS) is 18.1. The summed E-state index contributed by atoms with van der Waals surface area (Å²) in [5.74, 6) is -0.209. The lowest BCUT2D eigenvalue weighted by molar-refractivity contribution is 0.628. The molecule has 0 radical (unpaired) electrons. The molecule has 0 fully saturated rings. The third-order valence-corrected chi connectivity index (χ3v) is 6.61. The van der Waals surface area contributed by atoms with Crippen molar-refractivity contribution >= 4 is 40.8 Å². The molecule has 0 bridgehead atoms. The number of likely N-dealkylation sites (N-methyl/N-ethyl adjacent to an activating group) is 1. The van der Waals surface area contributed by atoms with E-state index in [0.717, 1.165) is 28.3 Å². The molecule has 0 amide bonds. The molecule has 148 valence electrons. The Hall–Kier alpha value is -3.24. The molecule has 5 rings (SSSR count). The number of thiazole rings is 1. The molecule has 2 heterocycles. The van der Waals surface area contributed by atoms with Crippen molar-refractivity contribution in [2.45, 2.75) is 12.8 Å². The Morgan fingerprint density at radius 1 is 1.07 bits per heavy atom. The predicted octanol–water partition coefficient (Wildman–Crippen LogP) is 7.05. The zero-order valence-electron chi connectivity index (χ0n) is 16.7. The molecular formula is C26H21FN2S. The maximum absolute atomic E-state index is 13.3. The van der Waals surface area contributed by atoms with Crippen LogP contribution < -0.4 is 4.90 Å². The minimum absolute atomic E-state index is 0.209. The molecule has 1 aliphatic heterocycles. The summed E-state index contributed by atoms with van der Waals surface area (Å²) < 4.78 is 13.3. The molecule has 4 heteroatoms. The third-order valence-electron chi connectivity index (χ3n) is 5.67. The molecule has 30 heavy (non-hydrogen) atoms. The average Bonchev–Trinajstić information content (AvgIpc) is 3.40. The molecule has 2 nitrogen and oxygen atoms in total. The molecule has 0 saturated heterocycles. The van der Waals surface area contributed by atoms with Gasteiger partial charge in [0.15, 0.2) is 0 Å². The fourth-order valence-corrected chi connectivity index (χ4v) is 5.01. The van der Waals surface area contributed by atoms with E-state index in [9.17, 15) is 4.39 Å². The van der Waals surface area contributed by atoms with Crippen LogP contribution in [0.4, 0.5) is 10.1 Å². The first kappa shape index (κ1) is 18.8. The summed E-state index contributed by atoms with van der Waals surface area (Å²) in [6.07, 6.45) is 10.0. The SMILES string of the molecule is C=Cc1cnc(C=C2C3=C(/C(=C/c4ccc(F)cc4)CC3)N(C)c3ccccc32)s1. The van der Waals surface area contributed by atoms with Crippen molar-refractivity contribution in [3.63, 3.8) is 0 Å². The number of allylic oxidation sites excluding steroid dienone is 3. The van der Waals surface area contributed by atoms with Gasteiger partial charge in [-0.1, -0.05) is 43.0 Å². The van der Waals surface area contributed by atoms with Gasteiger partial charge in [-0.25, -0.2) is 9.37 Å². The van der Waals surface area contributed by atoms with Crippen LogP contribution in [0.3, 0.4) is 0 Å². The maximum Gasteiger partial charge on any atom is 0.123 e. The van der Waals surface area contributed by atoms with Gasteiger partial charge in [-0.15, -0.1) is 11.3 Å². The molecule has 2 aliphatic rings. The number of para-hydroxylation sites is 1. The molecule has 0 saturated carbocycles. The van der Waals surface area contributed by atoms with Crippen molar-refractivity contribution in [3.05, 3.63) is 105 Å². The average molecular weight is 413 g/mol. The number of hydrogen-bond acceptors (Lipinski definition) is 3. The van der Waals surface area contributed by atoms with Crippen LogP contribution in [0, 0.1) is 5.82 Å². The number of halogens is 1. The third kappa shape index (κ3) is 3.23. The van der Waals surface area contributed by atoms with E-state index in [2.05, 4.69) is 59.9 Å². The summed E-state index contributed by atoms with van der Waals surface area (Å²) in [5, 5.41) is 0.988. The first-order valence-corrected chi connectivity index (χ1v) is 10.8. The van der Waals surface area contributed by atoms with Gasteiger partial charge in [-0.2, -0.15) is 0 Å². The molecule has 1 aromatic heterocycles. The van der Waals surface area contributed by atoms with E-state index in [1.807, 2.05) is 24.4 Å². The highest BCUT2D eigenvalue weighted by molar-refractivity contribution is 7.13. The summed E-state index contributed by atoms with van der Waals surface area (Å²) in [4.78, 5) is 7.93. The van der Waals surface area contributed by atoms with Crippen LogP contribution in [-0.4, -0.2) is 12.0 Å². The number of anilines is 1. The Labute approximate surface area is 180 Å². The Morgan fingerprint density at radius 2 is 1.87 bits per heavy atom. The van der Waals surface area contributed by atoms with Crippen molar-refractivity contribution < 1.29 is 4.39 Å². The van der Waals surface area contributed by atoms with Crippen molar-refractivity contribution in [1.29, 1.82) is 0 Å². The number of aromatic nitrogens is 1. The highest BCUT2D eigenvalue weighted by atomic mass is 32.1. The molecular weight excluding hydrogens is 391 g/mol. The zero-order valence-corrected chi connectivity index (χ0v) is 17.5. The number of hydrogen-bond donors (Lipinski definition) is 0. The van der Waals surface area contributed by atoms with E-state index in [1.54, 1.807) is 11.3 Å². The van der Waals surface area contributed by atoms with Crippen molar-refractivity contribution in [1.82, 2.24) is 4.98 Å². The van der Waals surface area contributed by atoms with Crippen molar-refractivity contribution in [2.24, 2.45) is 0 Å². The van der Waals surface area contributed by atoms with E-state index in [1.165, 1.54) is 45.8 Å². The van der Waals surface area contributed by atoms with E-state index < -0.39 is 0 Å². The molecule has 0 atom stereocenters. The van der Waals surface area contributed by atoms with Crippen molar-refractivity contribution in [2.75, 3.05) is 11.9 Å². The van der Waals surface area contributed by atoms with Crippen LogP contribution in [-0.2, 0) is 0 Å². The standard InChI is InChI=1S/C26H21FN2S/c1-3-20-16-28-25(30-20)15-23-21-6-4-5-7-24(21)29(2)26-18(10-13-22(23)26)14-17-8-11-19(27)12-9-17/h3-9,11-12,14-16H,1,10,13H2,2H3/b18-14+,23-15?. The predicted molar refractivity (Wildman–Crippen MR) is 126 cm³/mol. The van der Waals surface area contributed by atoms with Gasteiger partial charge >= 0.3 is 0 Å². The lowest BCUT2D eigenvalue weighted by atomic mass is 9.90. The smallest absolute Gasteiger partial charge is 0.123 e. The largest absolute Gasteiger partial charge is 0.344 e. The summed E-state index contributed by atoms with van der Waals surface area (Å²) in [7, 11) is 2.13. The van der Waals surface area contributed by atoms with Gasteiger partial charge in [0.2, 0.25) is 0 Å². The van der Waals surface area contributed by atoms with Gasteiger partial charge in [0.25, 0.3) is 0 Å². The monoisotopic (exact) mass is 412 g/mol. The van der Waals surface area contributed by atoms with Crippen molar-refractivity contribution in [3.8, 4) is 0 Å². The van der Waals surface area contributed by atoms with Crippen LogP contribution in [0.5, 0.6) is 0 Å². The van der Waals surface area contributed by atoms with E-state index >= 15 is 0 Å². The summed E-state index contributed by atoms with van der Waals surface area (Å²) >= 11 is 1.65. The summed E-state index contributed by atoms with van der Waals surface area (Å²) in [6, 6.07) is 15.2. The van der Waals surface area contributed by atoms with Crippen LogP contribution in [0.2, 0.25) is 0 Å². The Morgan fingerprint density at radius 3 is 2.63 bits per heavy atom. The van der Waals surface area contributed by atoms with Crippen LogP contribution in [0.25, 0.3) is 23.8 Å². The lowest BCUT2D eigenvalue weighted by Crippen LogP contribution is -2.22. The van der Waals surface area contributed by atoms with E-state index in [-0.39, 0.29) is 5.82 Å². The molecule has 2 aromatic carbocycles. The minimum atomic E-state index is -0.209. The summed E-state index contributed by atoms with van der Waals surface area (Å²) in [6.45, 7) is 3.85. The molecule has 0 unspecified atom stereocenters. The molecule has 0 spiro atoms. The highest BCUT2D eigenvalue weighted by Crippen LogP contribution is 2.49. The quantitative estimate of drug-likeness (QED) is 0.458. The van der Waals surface area contributed by atoms with Crippen LogP contribution in [0.1, 0.15) is 33.9 Å². The summed E-state index contributed by atoms with van der Waals surface area (Å²) in [5.41, 5.74) is 8.57. The number of rotatable bonds is 3. The second-order valence-corrected chi connectivity index (χ2v) is 8.58. The van der Waals surface area contributed by atoms with Gasteiger partial charge in [0, 0.05) is 35.1 Å². The topological polar surface area (TPSA) is 16.1 Å². The van der Waals surface area contributed by atoms with Gasteiger partial charge in [0.1, 0.15) is 10.8 Å². The Bertz CT molecular complexity index is 1230. The van der Waals surface area contributed by atoms with E-state index in [0.29, 0.717) is 0 Å². The number of fused-ring (bicyclic) bond motifs is 1. The second kappa shape index (κ2) is 7.54. The number of benzene rings is 2. The van der Waals surface area contributed by atoms with Gasteiger partial charge in [0.05, 0.1) is 0 Å². The zero-order chi connectivity index (χ0) is 20.7. The molecule has 0 N–H and O–H groups in total. The number of nitrogens with zero attached hydrogens (tertiary/aromatic N) is 2. The Balaban J connectivity index is 1.66. The second-order valence-electron chi connectivity index (χ2n) is 7.49. The Kier molecular flexibility index (Phi) is 4.72. The van der Waals surface area contributed by atoms with Crippen LogP contribution >= 0.6 is 11.3 Å². The maximum atomic E-state index is 13.3. The minimum Gasteiger partial charge on any atom is -0.344 e. The molecule has 1 aliphatic carbocycles. The van der Waals surface area contributed by atoms with Gasteiger partial charge in [-0.05, 0) is 65.5 Å². The van der Waals surface area contributed by atoms with E-state index in [4.69, 9.17) is 0 Å². The fraction of sp³-hybridized carbons (Fsp3) is 0.115. The fourth-order valence-electron chi connectivity index (χ4n) is 4.30. The first-order chi connectivity index (χ1) is 14.6.